The van der Waals surface area contributed by atoms with Gasteiger partial charge in [0.1, 0.15) is 5.75 Å². The molecule has 5 heteroatoms. The number of anilines is 1. The average Bonchev–Trinajstić information content (AvgIpc) is 2.94. The molecule has 0 fully saturated rings. The van der Waals surface area contributed by atoms with Crippen LogP contribution in [-0.4, -0.2) is 17.3 Å². The Kier molecular flexibility index (Phi) is 2.04. The lowest BCUT2D eigenvalue weighted by molar-refractivity contribution is 0.419. The number of nitrogens with one attached hydrogen (secondary N) is 1. The van der Waals surface area contributed by atoms with Crippen molar-refractivity contribution in [3.05, 3.63) is 30.5 Å². The van der Waals surface area contributed by atoms with Crippen LogP contribution in [-0.2, 0) is 0 Å². The van der Waals surface area contributed by atoms with Crippen LogP contribution >= 0.6 is 0 Å². The molecule has 0 aliphatic rings. The van der Waals surface area contributed by atoms with Crippen LogP contribution in [0.1, 0.15) is 0 Å². The van der Waals surface area contributed by atoms with Gasteiger partial charge in [0.25, 0.3) is 0 Å². The van der Waals surface area contributed by atoms with Crippen molar-refractivity contribution in [3.63, 3.8) is 0 Å². The Hall–Kier alpha value is -2.43. The minimum absolute atomic E-state index is 0.365. The fourth-order valence-electron chi connectivity index (χ4n) is 1.93. The zero-order chi connectivity index (χ0) is 11.8. The third-order valence-electron chi connectivity index (χ3n) is 2.68. The molecule has 1 aromatic carbocycles. The molecule has 3 N–H and O–H groups in total. The first-order valence-electron chi connectivity index (χ1n) is 5.16. The van der Waals surface area contributed by atoms with Gasteiger partial charge in [-0.25, -0.2) is 0 Å². The summed E-state index contributed by atoms with van der Waals surface area (Å²) >= 11 is 0. The first kappa shape index (κ1) is 9.77. The monoisotopic (exact) mass is 229 g/mol. The molecule has 5 nitrogen and oxygen atoms in total. The number of hydrogen-bond acceptors (Lipinski definition) is 4. The van der Waals surface area contributed by atoms with E-state index in [4.69, 9.17) is 15.0 Å². The first-order chi connectivity index (χ1) is 8.29. The second kappa shape index (κ2) is 3.55. The van der Waals surface area contributed by atoms with Gasteiger partial charge in [0, 0.05) is 23.3 Å². The van der Waals surface area contributed by atoms with Crippen molar-refractivity contribution >= 4 is 16.7 Å². The van der Waals surface area contributed by atoms with Crippen LogP contribution < -0.4 is 10.5 Å². The summed E-state index contributed by atoms with van der Waals surface area (Å²) in [5, 5.41) is 4.65. The largest absolute Gasteiger partial charge is 0.496 e. The minimum atomic E-state index is 0.365. The quantitative estimate of drug-likeness (QED) is 0.707. The Bertz CT molecular complexity index is 669. The Morgan fingerprint density at radius 1 is 1.41 bits per heavy atom. The number of ether oxygens (including phenoxy) is 1. The number of H-pyrrole nitrogens is 1. The lowest BCUT2D eigenvalue weighted by Gasteiger charge is -2.02. The van der Waals surface area contributed by atoms with E-state index in [-0.39, 0.29) is 0 Å². The summed E-state index contributed by atoms with van der Waals surface area (Å²) in [6.07, 6.45) is 1.85. The minimum Gasteiger partial charge on any atom is -0.496 e. The number of hydrogen-bond donors (Lipinski definition) is 2. The van der Waals surface area contributed by atoms with Crippen LogP contribution in [0.3, 0.4) is 0 Å². The van der Waals surface area contributed by atoms with E-state index in [0.717, 1.165) is 22.2 Å². The molecule has 0 aliphatic carbocycles. The molecular formula is C12H11N3O2. The van der Waals surface area contributed by atoms with Crippen molar-refractivity contribution in [1.82, 2.24) is 10.1 Å². The molecule has 2 heterocycles. The summed E-state index contributed by atoms with van der Waals surface area (Å²) in [7, 11) is 1.64. The lowest BCUT2D eigenvalue weighted by Crippen LogP contribution is -1.83. The predicted molar refractivity (Wildman–Crippen MR) is 64.8 cm³/mol. The predicted octanol–water partition coefficient (Wildman–Crippen LogP) is 2.41. The van der Waals surface area contributed by atoms with Gasteiger partial charge in [-0.15, -0.1) is 0 Å². The standard InChI is InChI=1S/C12H11N3O2/c1-16-9-4-2-3-8-12(9)7(6-14-8)10-5-11(13)15-17-10/h2-6,14H,1H3,(H2,13,15). The highest BCUT2D eigenvalue weighted by atomic mass is 16.5. The van der Waals surface area contributed by atoms with E-state index in [1.165, 1.54) is 0 Å². The maximum atomic E-state index is 5.55. The molecule has 86 valence electrons. The number of aromatic nitrogens is 2. The van der Waals surface area contributed by atoms with Crippen LogP contribution in [0.2, 0.25) is 0 Å². The van der Waals surface area contributed by atoms with Crippen LogP contribution in [0.25, 0.3) is 22.2 Å². The van der Waals surface area contributed by atoms with Crippen LogP contribution in [0.5, 0.6) is 5.75 Å². The van der Waals surface area contributed by atoms with Crippen molar-refractivity contribution in [2.45, 2.75) is 0 Å². The van der Waals surface area contributed by atoms with Crippen molar-refractivity contribution in [2.24, 2.45) is 0 Å². The first-order valence-corrected chi connectivity index (χ1v) is 5.16. The molecule has 0 spiro atoms. The zero-order valence-electron chi connectivity index (χ0n) is 9.23. The molecular weight excluding hydrogens is 218 g/mol. The van der Waals surface area contributed by atoms with E-state index in [2.05, 4.69) is 10.1 Å². The molecule has 3 aromatic rings. The Morgan fingerprint density at radius 3 is 3.00 bits per heavy atom. The number of rotatable bonds is 2. The topological polar surface area (TPSA) is 77.1 Å². The number of fused-ring (bicyclic) bond motifs is 1. The van der Waals surface area contributed by atoms with Crippen molar-refractivity contribution < 1.29 is 9.26 Å². The normalized spacial score (nSPS) is 10.9. The van der Waals surface area contributed by atoms with Crippen LogP contribution in [0.4, 0.5) is 5.82 Å². The molecule has 0 saturated carbocycles. The summed E-state index contributed by atoms with van der Waals surface area (Å²) in [6, 6.07) is 7.49. The van der Waals surface area contributed by atoms with Gasteiger partial charge in [-0.05, 0) is 12.1 Å². The van der Waals surface area contributed by atoms with Gasteiger partial charge in [0.05, 0.1) is 12.5 Å². The van der Waals surface area contributed by atoms with E-state index < -0.39 is 0 Å². The average molecular weight is 229 g/mol. The summed E-state index contributed by atoms with van der Waals surface area (Å²) in [5.41, 5.74) is 7.42. The number of benzene rings is 1. The van der Waals surface area contributed by atoms with E-state index in [0.29, 0.717) is 11.6 Å². The Morgan fingerprint density at radius 2 is 2.29 bits per heavy atom. The van der Waals surface area contributed by atoms with Gasteiger partial charge >= 0.3 is 0 Å². The van der Waals surface area contributed by atoms with Gasteiger partial charge in [0.15, 0.2) is 11.6 Å². The third kappa shape index (κ3) is 1.44. The zero-order valence-corrected chi connectivity index (χ0v) is 9.23. The highest BCUT2D eigenvalue weighted by Gasteiger charge is 2.14. The molecule has 0 radical (unpaired) electrons. The summed E-state index contributed by atoms with van der Waals surface area (Å²) in [4.78, 5) is 3.16. The van der Waals surface area contributed by atoms with Crippen molar-refractivity contribution in [3.8, 4) is 17.1 Å². The maximum absolute atomic E-state index is 5.55. The summed E-state index contributed by atoms with van der Waals surface area (Å²) in [5.74, 6) is 1.77. The molecule has 0 saturated heterocycles. The third-order valence-corrected chi connectivity index (χ3v) is 2.68. The maximum Gasteiger partial charge on any atom is 0.171 e. The van der Waals surface area contributed by atoms with Gasteiger partial charge in [-0.3, -0.25) is 0 Å². The molecule has 0 aliphatic heterocycles. The highest BCUT2D eigenvalue weighted by Crippen LogP contribution is 2.35. The van der Waals surface area contributed by atoms with Crippen molar-refractivity contribution in [2.75, 3.05) is 12.8 Å². The van der Waals surface area contributed by atoms with Gasteiger partial charge in [-0.1, -0.05) is 11.2 Å². The van der Waals surface area contributed by atoms with E-state index >= 15 is 0 Å². The Labute approximate surface area is 97.2 Å². The fraction of sp³-hybridized carbons (Fsp3) is 0.0833. The summed E-state index contributed by atoms with van der Waals surface area (Å²) in [6.45, 7) is 0. The molecule has 0 amide bonds. The number of nitrogens with two attached hydrogens (primary N) is 1. The van der Waals surface area contributed by atoms with E-state index in [1.807, 2.05) is 24.4 Å². The van der Waals surface area contributed by atoms with Crippen LogP contribution in [0, 0.1) is 0 Å². The SMILES string of the molecule is COc1cccc2[nH]cc(-c3cc(N)no3)c12. The lowest BCUT2D eigenvalue weighted by atomic mass is 10.1. The van der Waals surface area contributed by atoms with Gasteiger partial charge in [-0.2, -0.15) is 0 Å². The molecule has 2 aromatic heterocycles. The second-order valence-electron chi connectivity index (χ2n) is 3.70. The smallest absolute Gasteiger partial charge is 0.171 e. The van der Waals surface area contributed by atoms with Gasteiger partial charge in [0.2, 0.25) is 0 Å². The van der Waals surface area contributed by atoms with Crippen LogP contribution in [0.15, 0.2) is 35.0 Å². The van der Waals surface area contributed by atoms with E-state index in [9.17, 15) is 0 Å². The number of methoxy groups -OCH3 is 1. The summed E-state index contributed by atoms with van der Waals surface area (Å²) < 4.78 is 10.5. The fourth-order valence-corrected chi connectivity index (χ4v) is 1.93. The number of nitrogens with zero attached hydrogens (tertiary/aromatic N) is 1. The Balaban J connectivity index is 2.30. The molecule has 3 rings (SSSR count). The van der Waals surface area contributed by atoms with Crippen molar-refractivity contribution in [1.29, 1.82) is 0 Å². The molecule has 0 bridgehead atoms. The molecule has 0 atom stereocenters. The molecule has 0 unspecified atom stereocenters. The number of nitrogen functional groups attached to an aromatic ring is 1. The molecule has 17 heavy (non-hydrogen) atoms. The highest BCUT2D eigenvalue weighted by molar-refractivity contribution is 5.99. The number of aromatic amines is 1. The van der Waals surface area contributed by atoms with E-state index in [1.54, 1.807) is 13.2 Å². The van der Waals surface area contributed by atoms with Gasteiger partial charge < -0.3 is 20.0 Å². The second-order valence-corrected chi connectivity index (χ2v) is 3.70.